The van der Waals surface area contributed by atoms with Crippen LogP contribution in [0.4, 0.5) is 0 Å². The summed E-state index contributed by atoms with van der Waals surface area (Å²) in [5.74, 6) is -2.18. The van der Waals surface area contributed by atoms with E-state index in [0.717, 1.165) is 9.87 Å². The van der Waals surface area contributed by atoms with Gasteiger partial charge in [-0.3, -0.25) is 9.59 Å². The largest absolute Gasteiger partial charge is 0.481 e. The normalized spacial score (nSPS) is 14.2. The molecule has 0 saturated heterocycles. The second-order valence-electron chi connectivity index (χ2n) is 11.0. The summed E-state index contributed by atoms with van der Waals surface area (Å²) < 4.78 is 54.7. The van der Waals surface area contributed by atoms with Crippen molar-refractivity contribution in [1.82, 2.24) is 19.2 Å². The van der Waals surface area contributed by atoms with E-state index >= 15 is 0 Å². The van der Waals surface area contributed by atoms with Crippen molar-refractivity contribution in [1.29, 1.82) is 0 Å². The van der Waals surface area contributed by atoms with Gasteiger partial charge in [0, 0.05) is 38.1 Å². The lowest BCUT2D eigenvalue weighted by Crippen LogP contribution is -2.52. The fraction of sp³-hybridized carbons (Fsp3) is 0.704. The lowest BCUT2D eigenvalue weighted by atomic mass is 10.1. The van der Waals surface area contributed by atoms with Crippen molar-refractivity contribution >= 4 is 31.9 Å². The Hall–Kier alpha value is -2.06. The molecule has 0 radical (unpaired) electrons. The number of nitrogens with zero attached hydrogens (tertiary/aromatic N) is 2. The van der Waals surface area contributed by atoms with Gasteiger partial charge in [0.25, 0.3) is 0 Å². The molecule has 1 aromatic rings. The standard InChI is InChI=1S/C27H48N4O7S2/c1-7-30(39(35,36)19-21(2)3)16-24(13-14-27(33)34)29-26(32)18-31(40(37,38)20-22(4)5)17-25(28-6)15-23-11-9-8-10-12-23/h8-12,21-22,24-25,28H,7,13-20H2,1-6H3,(H,29,32)(H,33,34)/t24-,25-/m0/s1. The molecule has 40 heavy (non-hydrogen) atoms. The summed E-state index contributed by atoms with van der Waals surface area (Å²) in [7, 11) is -5.70. The van der Waals surface area contributed by atoms with Crippen LogP contribution in [0, 0.1) is 11.8 Å². The number of carbonyl (C=O) groups is 2. The van der Waals surface area contributed by atoms with Crippen LogP contribution in [0.2, 0.25) is 0 Å². The molecule has 0 aliphatic rings. The van der Waals surface area contributed by atoms with E-state index in [1.165, 1.54) is 4.31 Å². The maximum absolute atomic E-state index is 13.3. The molecule has 0 aromatic heterocycles. The van der Waals surface area contributed by atoms with E-state index in [-0.39, 0.29) is 61.9 Å². The maximum atomic E-state index is 13.3. The molecule has 0 heterocycles. The second-order valence-corrected chi connectivity index (χ2v) is 15.0. The van der Waals surface area contributed by atoms with Crippen molar-refractivity contribution in [2.24, 2.45) is 11.8 Å². The summed E-state index contributed by atoms with van der Waals surface area (Å²) in [6, 6.07) is 8.53. The summed E-state index contributed by atoms with van der Waals surface area (Å²) in [5, 5.41) is 15.1. The van der Waals surface area contributed by atoms with Crippen LogP contribution in [0.3, 0.4) is 0 Å². The molecular formula is C27H48N4O7S2. The van der Waals surface area contributed by atoms with Crippen LogP contribution in [0.15, 0.2) is 30.3 Å². The fourth-order valence-corrected chi connectivity index (χ4v) is 7.99. The maximum Gasteiger partial charge on any atom is 0.303 e. The molecule has 0 aliphatic carbocycles. The summed E-state index contributed by atoms with van der Waals surface area (Å²) in [5.41, 5.74) is 1.02. The number of hydrogen-bond donors (Lipinski definition) is 3. The number of benzene rings is 1. The molecule has 0 fully saturated rings. The molecule has 230 valence electrons. The number of aliphatic carboxylic acids is 1. The first kappa shape index (κ1) is 36.0. The van der Waals surface area contributed by atoms with E-state index < -0.39 is 44.5 Å². The third-order valence-electron chi connectivity index (χ3n) is 6.20. The number of rotatable bonds is 20. The average molecular weight is 605 g/mol. The minimum Gasteiger partial charge on any atom is -0.481 e. The average Bonchev–Trinajstić information content (AvgIpc) is 2.83. The van der Waals surface area contributed by atoms with Gasteiger partial charge in [-0.25, -0.2) is 21.1 Å². The Morgan fingerprint density at radius 1 is 0.875 bits per heavy atom. The van der Waals surface area contributed by atoms with Gasteiger partial charge in [0.1, 0.15) is 0 Å². The minimum absolute atomic E-state index is 0.000658. The zero-order valence-corrected chi connectivity index (χ0v) is 26.3. The predicted octanol–water partition coefficient (Wildman–Crippen LogP) is 1.76. The Morgan fingerprint density at radius 3 is 1.88 bits per heavy atom. The van der Waals surface area contributed by atoms with Crippen molar-refractivity contribution in [3.63, 3.8) is 0 Å². The number of nitrogens with one attached hydrogen (secondary N) is 2. The molecular weight excluding hydrogens is 556 g/mol. The highest BCUT2D eigenvalue weighted by atomic mass is 32.2. The van der Waals surface area contributed by atoms with Crippen molar-refractivity contribution < 1.29 is 31.5 Å². The number of sulfonamides is 2. The molecule has 0 aliphatic heterocycles. The minimum atomic E-state index is -3.81. The summed E-state index contributed by atoms with van der Waals surface area (Å²) in [6.45, 7) is 8.48. The second kappa shape index (κ2) is 17.0. The lowest BCUT2D eigenvalue weighted by molar-refractivity contribution is -0.137. The van der Waals surface area contributed by atoms with Gasteiger partial charge in [-0.15, -0.1) is 0 Å². The van der Waals surface area contributed by atoms with Gasteiger partial charge in [-0.05, 0) is 37.3 Å². The molecule has 1 amide bonds. The molecule has 11 nitrogen and oxygen atoms in total. The highest BCUT2D eigenvalue weighted by molar-refractivity contribution is 7.89. The molecule has 3 N–H and O–H groups in total. The third-order valence-corrected chi connectivity index (χ3v) is 10.6. The zero-order valence-electron chi connectivity index (χ0n) is 24.7. The number of amides is 1. The highest BCUT2D eigenvalue weighted by Gasteiger charge is 2.30. The van der Waals surface area contributed by atoms with Crippen molar-refractivity contribution in [3.05, 3.63) is 35.9 Å². The predicted molar refractivity (Wildman–Crippen MR) is 158 cm³/mol. The molecule has 0 unspecified atom stereocenters. The quantitative estimate of drug-likeness (QED) is 0.204. The number of carbonyl (C=O) groups excluding carboxylic acids is 1. The summed E-state index contributed by atoms with van der Waals surface area (Å²) in [6.07, 6.45) is 0.273. The van der Waals surface area contributed by atoms with Crippen LogP contribution in [0.25, 0.3) is 0 Å². The van der Waals surface area contributed by atoms with Gasteiger partial charge in [0.2, 0.25) is 26.0 Å². The monoisotopic (exact) mass is 604 g/mol. The zero-order chi connectivity index (χ0) is 30.5. The van der Waals surface area contributed by atoms with Crippen molar-refractivity contribution in [2.75, 3.05) is 44.7 Å². The Kier molecular flexibility index (Phi) is 15.3. The van der Waals surface area contributed by atoms with Crippen LogP contribution < -0.4 is 10.6 Å². The van der Waals surface area contributed by atoms with Crippen molar-refractivity contribution in [2.45, 2.75) is 66.0 Å². The van der Waals surface area contributed by atoms with Gasteiger partial charge >= 0.3 is 5.97 Å². The SMILES string of the molecule is CCN(C[C@H](CCC(=O)O)NC(=O)CN(C[C@H](Cc1ccccc1)NC)S(=O)(=O)CC(C)C)S(=O)(=O)CC(C)C. The summed E-state index contributed by atoms with van der Waals surface area (Å²) >= 11 is 0. The topological polar surface area (TPSA) is 153 Å². The van der Waals surface area contributed by atoms with E-state index in [1.54, 1.807) is 41.7 Å². The van der Waals surface area contributed by atoms with Gasteiger partial charge in [-0.2, -0.15) is 4.31 Å². The Morgan fingerprint density at radius 2 is 1.40 bits per heavy atom. The first-order valence-corrected chi connectivity index (χ1v) is 17.0. The molecule has 0 spiro atoms. The molecule has 2 atom stereocenters. The van der Waals surface area contributed by atoms with E-state index in [9.17, 15) is 31.5 Å². The molecule has 0 bridgehead atoms. The lowest BCUT2D eigenvalue weighted by Gasteiger charge is -2.30. The van der Waals surface area contributed by atoms with Gasteiger partial charge in [-0.1, -0.05) is 65.0 Å². The summed E-state index contributed by atoms with van der Waals surface area (Å²) in [4.78, 5) is 24.5. The van der Waals surface area contributed by atoms with Crippen LogP contribution in [0.5, 0.6) is 0 Å². The van der Waals surface area contributed by atoms with E-state index in [2.05, 4.69) is 10.6 Å². The number of likely N-dealkylation sites (N-methyl/N-ethyl adjacent to an activating group) is 2. The van der Waals surface area contributed by atoms with Crippen LogP contribution in [0.1, 0.15) is 53.0 Å². The molecule has 0 saturated carbocycles. The number of carboxylic acids is 1. The van der Waals surface area contributed by atoms with E-state index in [0.29, 0.717) is 6.42 Å². The highest BCUT2D eigenvalue weighted by Crippen LogP contribution is 2.13. The Balaban J connectivity index is 3.16. The third kappa shape index (κ3) is 13.5. The first-order chi connectivity index (χ1) is 18.6. The Bertz CT molecular complexity index is 1130. The first-order valence-electron chi connectivity index (χ1n) is 13.8. The molecule has 1 aromatic carbocycles. The van der Waals surface area contributed by atoms with Crippen LogP contribution >= 0.6 is 0 Å². The van der Waals surface area contributed by atoms with E-state index in [4.69, 9.17) is 0 Å². The molecule has 13 heteroatoms. The van der Waals surface area contributed by atoms with Crippen molar-refractivity contribution in [3.8, 4) is 0 Å². The van der Waals surface area contributed by atoms with Crippen LogP contribution in [-0.4, -0.2) is 99.2 Å². The van der Waals surface area contributed by atoms with Gasteiger partial charge < -0.3 is 15.7 Å². The fourth-order valence-electron chi connectivity index (χ4n) is 4.36. The number of carboxylic acid groups (broad SMARTS) is 1. The smallest absolute Gasteiger partial charge is 0.303 e. The Labute approximate surface area is 240 Å². The van der Waals surface area contributed by atoms with E-state index in [1.807, 2.05) is 30.3 Å². The molecule has 1 rings (SSSR count). The van der Waals surface area contributed by atoms with Gasteiger partial charge in [0.05, 0.1) is 18.1 Å². The van der Waals surface area contributed by atoms with Crippen LogP contribution in [-0.2, 0) is 36.1 Å². The van der Waals surface area contributed by atoms with Gasteiger partial charge in [0.15, 0.2) is 0 Å². The number of hydrogen-bond acceptors (Lipinski definition) is 7.